The molecule has 13 heteroatoms. The topological polar surface area (TPSA) is 214 Å². The molecule has 8 N–H and O–H groups in total. The van der Waals surface area contributed by atoms with Crippen molar-refractivity contribution in [2.75, 3.05) is 0 Å². The third-order valence-electron chi connectivity index (χ3n) is 5.29. The molecule has 13 nitrogen and oxygen atoms in total. The highest BCUT2D eigenvalue weighted by Gasteiger charge is 2.30. The van der Waals surface area contributed by atoms with E-state index in [9.17, 15) is 14.4 Å². The van der Waals surface area contributed by atoms with Gasteiger partial charge in [0.2, 0.25) is 11.9 Å². The molecule has 0 fully saturated rings. The van der Waals surface area contributed by atoms with Crippen LogP contribution in [0.4, 0.5) is 5.69 Å². The van der Waals surface area contributed by atoms with Crippen molar-refractivity contribution in [1.29, 1.82) is 0 Å². The van der Waals surface area contributed by atoms with Crippen molar-refractivity contribution in [3.63, 3.8) is 0 Å². The van der Waals surface area contributed by atoms with Crippen LogP contribution in [0, 0.1) is 0 Å². The monoisotopic (exact) mass is 518 g/mol. The predicted octanol–water partition coefficient (Wildman–Crippen LogP) is 1.97. The molecule has 38 heavy (non-hydrogen) atoms. The van der Waals surface area contributed by atoms with Crippen LogP contribution in [0.3, 0.4) is 0 Å². The highest BCUT2D eigenvalue weighted by Crippen LogP contribution is 2.21. The fraction of sp³-hybridized carbons (Fsp3) is 0.120. The van der Waals surface area contributed by atoms with Crippen molar-refractivity contribution in [3.8, 4) is 5.75 Å². The minimum Gasteiger partial charge on any atom is -0.423 e. The zero-order valence-electron chi connectivity index (χ0n) is 20.1. The number of nitrogens with zero attached hydrogens (tertiary/aromatic N) is 4. The zero-order valence-corrected chi connectivity index (χ0v) is 20.1. The summed E-state index contributed by atoms with van der Waals surface area (Å²) in [5.41, 5.74) is 7.51. The molecule has 0 aliphatic rings. The molecule has 0 spiro atoms. The summed E-state index contributed by atoms with van der Waals surface area (Å²) in [6.07, 6.45) is 0.345. The Bertz CT molecular complexity index is 1310. The normalized spacial score (nSPS) is 12.1. The van der Waals surface area contributed by atoms with E-state index in [1.807, 2.05) is 0 Å². The summed E-state index contributed by atoms with van der Waals surface area (Å²) in [5, 5.41) is 7.24. The Balaban J connectivity index is 1.57. The molecule has 3 rings (SSSR count). The fourth-order valence-electron chi connectivity index (χ4n) is 3.41. The number of amides is 1. The molecule has 1 amide bonds. The minimum atomic E-state index is -1.18. The smallest absolute Gasteiger partial charge is 0.353 e. The van der Waals surface area contributed by atoms with Gasteiger partial charge in [0.15, 0.2) is 6.04 Å². The Kier molecular flexibility index (Phi) is 9.57. The molecule has 0 saturated heterocycles. The molecule has 0 aliphatic heterocycles. The second-order valence-corrected chi connectivity index (χ2v) is 7.82. The molecule has 3 aromatic carbocycles. The maximum absolute atomic E-state index is 12.7. The molecule has 3 aromatic rings. The fourth-order valence-corrected chi connectivity index (χ4v) is 3.41. The largest absolute Gasteiger partial charge is 0.423 e. The van der Waals surface area contributed by atoms with Gasteiger partial charge in [0, 0.05) is 6.42 Å². The Morgan fingerprint density at radius 2 is 1.58 bits per heavy atom. The minimum absolute atomic E-state index is 0.0167. The van der Waals surface area contributed by atoms with Gasteiger partial charge in [-0.05, 0) is 53.9 Å². The lowest BCUT2D eigenvalue weighted by Gasteiger charge is -2.25. The van der Waals surface area contributed by atoms with Crippen molar-refractivity contribution < 1.29 is 24.0 Å². The molecule has 0 bridgehead atoms. The molecule has 196 valence electrons. The Morgan fingerprint density at radius 1 is 0.921 bits per heavy atom. The van der Waals surface area contributed by atoms with Crippen LogP contribution in [-0.2, 0) is 20.8 Å². The SMILES string of the molecule is NN=NC(N)=Nc1ccc(C(=O)Oc2ccc(CCC(=O)N(N)[C@H](C(=O)ON)c3ccccc3)cc2)cc1. The van der Waals surface area contributed by atoms with Gasteiger partial charge in [-0.15, -0.1) is 0 Å². The molecular formula is C25H26N8O5. The lowest BCUT2D eigenvalue weighted by atomic mass is 10.1. The zero-order chi connectivity index (χ0) is 27.5. The van der Waals surface area contributed by atoms with Gasteiger partial charge in [0.25, 0.3) is 0 Å². The number of carbonyl (C=O) groups excluding carboxylic acids is 3. The van der Waals surface area contributed by atoms with E-state index in [0.717, 1.165) is 10.6 Å². The first-order valence-electron chi connectivity index (χ1n) is 11.2. The average Bonchev–Trinajstić information content (AvgIpc) is 2.93. The lowest BCUT2D eigenvalue weighted by molar-refractivity contribution is -0.156. The van der Waals surface area contributed by atoms with E-state index < -0.39 is 23.9 Å². The molecule has 0 saturated carbocycles. The Hall–Kier alpha value is -5.14. The van der Waals surface area contributed by atoms with Crippen molar-refractivity contribution in [2.45, 2.75) is 18.9 Å². The molecular weight excluding hydrogens is 492 g/mol. The maximum Gasteiger partial charge on any atom is 0.353 e. The second kappa shape index (κ2) is 13.2. The van der Waals surface area contributed by atoms with Crippen LogP contribution in [0.25, 0.3) is 0 Å². The van der Waals surface area contributed by atoms with Crippen LogP contribution in [0.5, 0.6) is 5.75 Å². The van der Waals surface area contributed by atoms with Gasteiger partial charge in [0.1, 0.15) is 5.75 Å². The third-order valence-corrected chi connectivity index (χ3v) is 5.29. The molecule has 0 heterocycles. The van der Waals surface area contributed by atoms with Crippen molar-refractivity contribution in [3.05, 3.63) is 95.6 Å². The number of rotatable bonds is 9. The van der Waals surface area contributed by atoms with Crippen molar-refractivity contribution in [1.82, 2.24) is 5.01 Å². The second-order valence-electron chi connectivity index (χ2n) is 7.82. The summed E-state index contributed by atoms with van der Waals surface area (Å²) in [6.45, 7) is 0. The van der Waals surface area contributed by atoms with Crippen LogP contribution in [0.2, 0.25) is 0 Å². The highest BCUT2D eigenvalue weighted by atomic mass is 16.7. The van der Waals surface area contributed by atoms with Gasteiger partial charge >= 0.3 is 11.9 Å². The summed E-state index contributed by atoms with van der Waals surface area (Å²) >= 11 is 0. The van der Waals surface area contributed by atoms with E-state index in [1.54, 1.807) is 66.7 Å². The molecule has 0 aliphatic carbocycles. The van der Waals surface area contributed by atoms with E-state index in [2.05, 4.69) is 20.2 Å². The van der Waals surface area contributed by atoms with Gasteiger partial charge < -0.3 is 21.2 Å². The first kappa shape index (κ1) is 27.4. The van der Waals surface area contributed by atoms with Crippen LogP contribution in [-0.4, -0.2) is 28.8 Å². The number of benzene rings is 3. The highest BCUT2D eigenvalue weighted by molar-refractivity contribution is 5.91. The van der Waals surface area contributed by atoms with E-state index in [0.29, 0.717) is 29.0 Å². The number of guanidine groups is 1. The van der Waals surface area contributed by atoms with Crippen LogP contribution >= 0.6 is 0 Å². The quantitative estimate of drug-likeness (QED) is 0.0475. The van der Waals surface area contributed by atoms with E-state index >= 15 is 0 Å². The summed E-state index contributed by atoms with van der Waals surface area (Å²) in [6, 6.07) is 20.1. The van der Waals surface area contributed by atoms with Crippen molar-refractivity contribution in [2.24, 2.45) is 38.6 Å². The summed E-state index contributed by atoms with van der Waals surface area (Å²) in [7, 11) is 0. The maximum atomic E-state index is 12.7. The van der Waals surface area contributed by atoms with Gasteiger partial charge in [-0.1, -0.05) is 52.8 Å². The first-order valence-corrected chi connectivity index (χ1v) is 11.2. The summed E-state index contributed by atoms with van der Waals surface area (Å²) in [4.78, 5) is 45.6. The molecule has 0 unspecified atom stereocenters. The number of nitrogens with two attached hydrogens (primary N) is 4. The predicted molar refractivity (Wildman–Crippen MR) is 137 cm³/mol. The van der Waals surface area contributed by atoms with E-state index in [1.165, 1.54) is 12.1 Å². The van der Waals surface area contributed by atoms with Crippen LogP contribution in [0.15, 0.2) is 94.2 Å². The van der Waals surface area contributed by atoms with Crippen molar-refractivity contribution >= 4 is 29.5 Å². The van der Waals surface area contributed by atoms with Gasteiger partial charge in [0.05, 0.1) is 11.3 Å². The summed E-state index contributed by atoms with van der Waals surface area (Å²) < 4.78 is 5.39. The third kappa shape index (κ3) is 7.43. The van der Waals surface area contributed by atoms with Gasteiger partial charge in [-0.25, -0.2) is 20.4 Å². The van der Waals surface area contributed by atoms with Crippen LogP contribution < -0.4 is 28.1 Å². The number of esters is 1. The number of hydrogen-bond donors (Lipinski definition) is 4. The van der Waals surface area contributed by atoms with E-state index in [-0.39, 0.29) is 12.4 Å². The summed E-state index contributed by atoms with van der Waals surface area (Å²) in [5.74, 6) is 14.2. The molecule has 0 radical (unpaired) electrons. The molecule has 1 atom stereocenters. The molecule has 0 aromatic heterocycles. The Labute approximate surface area is 217 Å². The standard InChI is InChI=1S/C25H26N8O5/c26-25(31-32-27)30-19-11-9-18(10-12-19)23(35)37-20-13-6-16(7-14-20)8-15-21(34)33(28)22(24(36)38-29)17-4-2-1-3-5-17/h1-7,9-14,22H,8,15,28-29H2,(H4,26,27,30,31)/t22-/m0/s1. The van der Waals surface area contributed by atoms with Gasteiger partial charge in [-0.2, -0.15) is 5.90 Å². The lowest BCUT2D eigenvalue weighted by Crippen LogP contribution is -2.45. The van der Waals surface area contributed by atoms with E-state index in [4.69, 9.17) is 28.1 Å². The average molecular weight is 519 g/mol. The van der Waals surface area contributed by atoms with Gasteiger partial charge in [-0.3, -0.25) is 9.80 Å². The first-order chi connectivity index (χ1) is 18.3. The number of carbonyl (C=O) groups is 3. The van der Waals surface area contributed by atoms with Crippen LogP contribution in [0.1, 0.15) is 33.9 Å². The number of aliphatic imine (C=N–C) groups is 1. The number of ether oxygens (including phenoxy) is 1. The Morgan fingerprint density at radius 3 is 2.18 bits per heavy atom. The number of hydrogen-bond acceptors (Lipinski definition) is 9. The number of aryl methyl sites for hydroxylation is 1. The number of hydrazine groups is 1.